The number of benzene rings is 2. The Labute approximate surface area is 162 Å². The number of ether oxygens (including phenoxy) is 1. The average Bonchev–Trinajstić information content (AvgIpc) is 2.73. The van der Waals surface area contributed by atoms with Crippen LogP contribution in [0.3, 0.4) is 0 Å². The fourth-order valence-corrected chi connectivity index (χ4v) is 3.61. The fourth-order valence-electron chi connectivity index (χ4n) is 3.61. The summed E-state index contributed by atoms with van der Waals surface area (Å²) in [6.07, 6.45) is 2.51. The predicted molar refractivity (Wildman–Crippen MR) is 108 cm³/mol. The first-order chi connectivity index (χ1) is 13.3. The van der Waals surface area contributed by atoms with Crippen LogP contribution < -0.4 is 0 Å². The van der Waals surface area contributed by atoms with Gasteiger partial charge in [0.15, 0.2) is 0 Å². The first-order valence-corrected chi connectivity index (χ1v) is 9.77. The Bertz CT molecular complexity index is 768. The summed E-state index contributed by atoms with van der Waals surface area (Å²) >= 11 is 0. The van der Waals surface area contributed by atoms with E-state index in [-0.39, 0.29) is 12.0 Å². The maximum atomic E-state index is 12.1. The van der Waals surface area contributed by atoms with Crippen molar-refractivity contribution in [2.45, 2.75) is 38.1 Å². The molecule has 2 aromatic rings. The monoisotopic (exact) mass is 361 g/mol. The van der Waals surface area contributed by atoms with E-state index in [2.05, 4.69) is 47.1 Å². The summed E-state index contributed by atoms with van der Waals surface area (Å²) in [6.45, 7) is 4.15. The van der Waals surface area contributed by atoms with E-state index in [1.807, 2.05) is 37.3 Å². The Balaban J connectivity index is 1.67. The van der Waals surface area contributed by atoms with Gasteiger partial charge in [0, 0.05) is 5.56 Å². The van der Waals surface area contributed by atoms with Crippen molar-refractivity contribution in [1.29, 1.82) is 0 Å². The molecule has 0 radical (unpaired) electrons. The van der Waals surface area contributed by atoms with Crippen LogP contribution in [0.5, 0.6) is 0 Å². The molecule has 0 bridgehead atoms. The third kappa shape index (κ3) is 5.70. The van der Waals surface area contributed by atoms with E-state index in [1.165, 1.54) is 5.56 Å². The van der Waals surface area contributed by atoms with Crippen molar-refractivity contribution in [2.75, 3.05) is 19.7 Å². The van der Waals surface area contributed by atoms with Gasteiger partial charge in [-0.05, 0) is 56.5 Å². The summed E-state index contributed by atoms with van der Waals surface area (Å²) in [4.78, 5) is 14.4. The molecule has 1 aliphatic rings. The summed E-state index contributed by atoms with van der Waals surface area (Å²) in [5.41, 5.74) is 2.39. The minimum Gasteiger partial charge on any atom is -0.466 e. The summed E-state index contributed by atoms with van der Waals surface area (Å²) in [5.74, 6) is 6.98. The molecule has 0 saturated carbocycles. The summed E-state index contributed by atoms with van der Waals surface area (Å²) in [5, 5.41) is 0. The second-order valence-electron chi connectivity index (χ2n) is 6.88. The van der Waals surface area contributed by atoms with Crippen molar-refractivity contribution in [1.82, 2.24) is 4.90 Å². The van der Waals surface area contributed by atoms with Gasteiger partial charge in [-0.25, -0.2) is 0 Å². The Kier molecular flexibility index (Phi) is 7.07. The molecule has 1 atom stereocenters. The zero-order valence-electron chi connectivity index (χ0n) is 15.9. The van der Waals surface area contributed by atoms with Crippen LogP contribution in [0.2, 0.25) is 0 Å². The lowest BCUT2D eigenvalue weighted by Gasteiger charge is -2.35. The number of carbonyl (C=O) groups is 1. The van der Waals surface area contributed by atoms with E-state index in [0.29, 0.717) is 18.9 Å². The number of hydrogen-bond donors (Lipinski definition) is 0. The van der Waals surface area contributed by atoms with Gasteiger partial charge in [-0.15, -0.1) is 0 Å². The van der Waals surface area contributed by atoms with Crippen molar-refractivity contribution in [2.24, 2.45) is 0 Å². The van der Waals surface area contributed by atoms with E-state index < -0.39 is 0 Å². The van der Waals surface area contributed by atoms with Crippen LogP contribution in [-0.2, 0) is 9.53 Å². The number of carbonyl (C=O) groups excluding carboxylic acids is 1. The largest absolute Gasteiger partial charge is 0.466 e. The van der Waals surface area contributed by atoms with Gasteiger partial charge in [-0.1, -0.05) is 60.4 Å². The van der Waals surface area contributed by atoms with E-state index in [1.54, 1.807) is 0 Å². The number of esters is 1. The molecule has 3 nitrogen and oxygen atoms in total. The Morgan fingerprint density at radius 2 is 1.70 bits per heavy atom. The Hall–Kier alpha value is -2.57. The maximum absolute atomic E-state index is 12.1. The first kappa shape index (κ1) is 19.2. The lowest BCUT2D eigenvalue weighted by molar-refractivity contribution is -0.144. The van der Waals surface area contributed by atoms with Crippen LogP contribution in [0.1, 0.15) is 43.2 Å². The van der Waals surface area contributed by atoms with Gasteiger partial charge < -0.3 is 4.74 Å². The molecule has 0 aromatic heterocycles. The Morgan fingerprint density at radius 3 is 2.33 bits per heavy atom. The summed E-state index contributed by atoms with van der Waals surface area (Å²) < 4.78 is 5.17. The van der Waals surface area contributed by atoms with Gasteiger partial charge in [0.05, 0.1) is 19.1 Å². The molecule has 140 valence electrons. The molecule has 2 aromatic carbocycles. The average molecular weight is 361 g/mol. The molecule has 1 saturated heterocycles. The fraction of sp³-hybridized carbons (Fsp3) is 0.375. The molecule has 0 spiro atoms. The number of hydrogen-bond acceptors (Lipinski definition) is 3. The number of likely N-dealkylation sites (tertiary alicyclic amines) is 1. The lowest BCUT2D eigenvalue weighted by atomic mass is 9.89. The standard InChI is InChI=1S/C24H27NO2/c1-2-27-24(26)19-23(14-13-20-9-5-3-6-10-20)25-17-15-22(16-18-25)21-11-7-4-8-12-21/h3-12,22-23H,2,15-19H2,1H3. The normalized spacial score (nSPS) is 16.2. The highest BCUT2D eigenvalue weighted by molar-refractivity contribution is 5.70. The first-order valence-electron chi connectivity index (χ1n) is 9.77. The van der Waals surface area contributed by atoms with Crippen molar-refractivity contribution in [3.8, 4) is 11.8 Å². The van der Waals surface area contributed by atoms with Crippen LogP contribution in [0.4, 0.5) is 0 Å². The van der Waals surface area contributed by atoms with E-state index >= 15 is 0 Å². The second-order valence-corrected chi connectivity index (χ2v) is 6.88. The van der Waals surface area contributed by atoms with Crippen LogP contribution >= 0.6 is 0 Å². The third-order valence-electron chi connectivity index (χ3n) is 5.06. The predicted octanol–water partition coefficient (Wildman–Crippen LogP) is 4.24. The summed E-state index contributed by atoms with van der Waals surface area (Å²) in [7, 11) is 0. The molecule has 1 unspecified atom stereocenters. The van der Waals surface area contributed by atoms with Crippen LogP contribution in [-0.4, -0.2) is 36.6 Å². The minimum atomic E-state index is -0.171. The molecule has 27 heavy (non-hydrogen) atoms. The van der Waals surface area contributed by atoms with Crippen LogP contribution in [0.15, 0.2) is 60.7 Å². The Morgan fingerprint density at radius 1 is 1.07 bits per heavy atom. The van der Waals surface area contributed by atoms with Gasteiger partial charge in [-0.3, -0.25) is 9.69 Å². The SMILES string of the molecule is CCOC(=O)CC(C#Cc1ccccc1)N1CCC(c2ccccc2)CC1. The molecule has 0 amide bonds. The molecule has 0 N–H and O–H groups in total. The molecule has 1 heterocycles. The van der Waals surface area contributed by atoms with E-state index in [4.69, 9.17) is 4.74 Å². The molecule has 3 heteroatoms. The topological polar surface area (TPSA) is 29.5 Å². The van der Waals surface area contributed by atoms with Crippen LogP contribution in [0.25, 0.3) is 0 Å². The maximum Gasteiger partial charge on any atom is 0.308 e. The lowest BCUT2D eigenvalue weighted by Crippen LogP contribution is -2.41. The van der Waals surface area contributed by atoms with Gasteiger partial charge in [-0.2, -0.15) is 0 Å². The smallest absolute Gasteiger partial charge is 0.308 e. The molecule has 1 aliphatic heterocycles. The second kappa shape index (κ2) is 9.94. The number of rotatable bonds is 5. The number of nitrogens with zero attached hydrogens (tertiary/aromatic N) is 1. The summed E-state index contributed by atoms with van der Waals surface area (Å²) in [6, 6.07) is 20.5. The van der Waals surface area contributed by atoms with Gasteiger partial charge in [0.1, 0.15) is 0 Å². The molecule has 3 rings (SSSR count). The van der Waals surface area contributed by atoms with E-state index in [0.717, 1.165) is 31.5 Å². The highest BCUT2D eigenvalue weighted by Crippen LogP contribution is 2.29. The van der Waals surface area contributed by atoms with E-state index in [9.17, 15) is 4.79 Å². The van der Waals surface area contributed by atoms with Crippen LogP contribution in [0, 0.1) is 11.8 Å². The quantitative estimate of drug-likeness (QED) is 0.589. The van der Waals surface area contributed by atoms with Crippen molar-refractivity contribution < 1.29 is 9.53 Å². The zero-order chi connectivity index (χ0) is 18.9. The zero-order valence-corrected chi connectivity index (χ0v) is 15.9. The van der Waals surface area contributed by atoms with Gasteiger partial charge >= 0.3 is 5.97 Å². The van der Waals surface area contributed by atoms with Crippen molar-refractivity contribution in [3.05, 3.63) is 71.8 Å². The molecular weight excluding hydrogens is 334 g/mol. The van der Waals surface area contributed by atoms with Gasteiger partial charge in [0.2, 0.25) is 0 Å². The third-order valence-corrected chi connectivity index (χ3v) is 5.06. The molecule has 1 fully saturated rings. The minimum absolute atomic E-state index is 0.0963. The molecule has 0 aliphatic carbocycles. The van der Waals surface area contributed by atoms with Crippen molar-refractivity contribution >= 4 is 5.97 Å². The number of piperidine rings is 1. The highest BCUT2D eigenvalue weighted by Gasteiger charge is 2.26. The van der Waals surface area contributed by atoms with Gasteiger partial charge in [0.25, 0.3) is 0 Å². The molecular formula is C24H27NO2. The van der Waals surface area contributed by atoms with Crippen molar-refractivity contribution in [3.63, 3.8) is 0 Å². The highest BCUT2D eigenvalue weighted by atomic mass is 16.5.